The number of nitrogens with one attached hydrogen (secondary N) is 1. The molecular weight excluding hydrogens is 459 g/mol. The second kappa shape index (κ2) is 11.5. The van der Waals surface area contributed by atoms with Gasteiger partial charge in [0.15, 0.2) is 11.5 Å². The molecule has 0 spiro atoms. The van der Waals surface area contributed by atoms with Crippen LogP contribution < -0.4 is 25.3 Å². The van der Waals surface area contributed by atoms with E-state index in [1.54, 1.807) is 25.1 Å². The molecule has 1 unspecified atom stereocenters. The van der Waals surface area contributed by atoms with Gasteiger partial charge in [0.1, 0.15) is 25.1 Å². The lowest BCUT2D eigenvalue weighted by atomic mass is 10.1. The summed E-state index contributed by atoms with van der Waals surface area (Å²) in [5.74, 6) is 1.12. The van der Waals surface area contributed by atoms with Crippen LogP contribution in [0.1, 0.15) is 12.5 Å². The van der Waals surface area contributed by atoms with E-state index in [0.717, 1.165) is 5.56 Å². The highest BCUT2D eigenvalue weighted by molar-refractivity contribution is 6.39. The minimum absolute atomic E-state index is 0.0786. The van der Waals surface area contributed by atoms with Crippen molar-refractivity contribution in [3.63, 3.8) is 0 Å². The van der Waals surface area contributed by atoms with Crippen LogP contribution in [0.5, 0.6) is 17.2 Å². The van der Waals surface area contributed by atoms with E-state index >= 15 is 0 Å². The van der Waals surface area contributed by atoms with Gasteiger partial charge < -0.3 is 35.1 Å². The third kappa shape index (κ3) is 6.56. The third-order valence-electron chi connectivity index (χ3n) is 4.68. The fourth-order valence-corrected chi connectivity index (χ4v) is 3.49. The Morgan fingerprint density at radius 1 is 1.28 bits per heavy atom. The lowest BCUT2D eigenvalue weighted by molar-refractivity contribution is -0.153. The largest absolute Gasteiger partial charge is 0.491 e. The number of rotatable bonds is 10. The third-order valence-corrected chi connectivity index (χ3v) is 5.31. The maximum Gasteiger partial charge on any atom is 0.350 e. The van der Waals surface area contributed by atoms with Gasteiger partial charge >= 0.3 is 5.97 Å². The van der Waals surface area contributed by atoms with E-state index in [1.807, 2.05) is 12.1 Å². The Hall–Kier alpha value is -2.39. The summed E-state index contributed by atoms with van der Waals surface area (Å²) in [7, 11) is 0. The van der Waals surface area contributed by atoms with Crippen molar-refractivity contribution in [3.8, 4) is 17.2 Å². The van der Waals surface area contributed by atoms with Crippen LogP contribution in [0, 0.1) is 0 Å². The Labute approximate surface area is 196 Å². The summed E-state index contributed by atoms with van der Waals surface area (Å²) in [6, 6.07) is 8.68. The molecule has 1 aliphatic rings. The predicted molar refractivity (Wildman–Crippen MR) is 122 cm³/mol. The van der Waals surface area contributed by atoms with Crippen molar-refractivity contribution in [2.45, 2.75) is 25.6 Å². The summed E-state index contributed by atoms with van der Waals surface area (Å²) in [6.45, 7) is 3.22. The smallest absolute Gasteiger partial charge is 0.350 e. The number of carbonyl (C=O) groups excluding carboxylic acids is 1. The first-order chi connectivity index (χ1) is 15.4. The molecule has 0 saturated heterocycles. The zero-order valence-corrected chi connectivity index (χ0v) is 19.1. The number of ether oxygens (including phenoxy) is 4. The Bertz CT molecular complexity index is 920. The topological polar surface area (TPSA) is 112 Å². The first-order valence-corrected chi connectivity index (χ1v) is 11.0. The van der Waals surface area contributed by atoms with Crippen molar-refractivity contribution < 1.29 is 28.8 Å². The van der Waals surface area contributed by atoms with Gasteiger partial charge in [-0.15, -0.1) is 0 Å². The van der Waals surface area contributed by atoms with Gasteiger partial charge in [0.25, 0.3) is 0 Å². The van der Waals surface area contributed by atoms with Gasteiger partial charge in [0, 0.05) is 18.7 Å². The van der Waals surface area contributed by atoms with Crippen molar-refractivity contribution in [2.24, 2.45) is 0 Å². The average molecular weight is 485 g/mol. The summed E-state index contributed by atoms with van der Waals surface area (Å²) < 4.78 is 21.8. The molecule has 174 valence electrons. The Morgan fingerprint density at radius 2 is 2.03 bits per heavy atom. The van der Waals surface area contributed by atoms with Crippen LogP contribution in [-0.4, -0.2) is 56.2 Å². The maximum atomic E-state index is 11.8. The van der Waals surface area contributed by atoms with Gasteiger partial charge in [-0.2, -0.15) is 0 Å². The molecule has 0 aliphatic carbocycles. The summed E-state index contributed by atoms with van der Waals surface area (Å²) >= 11 is 11.9. The Morgan fingerprint density at radius 3 is 2.75 bits per heavy atom. The monoisotopic (exact) mass is 484 g/mol. The van der Waals surface area contributed by atoms with E-state index in [9.17, 15) is 9.90 Å². The molecule has 0 radical (unpaired) electrons. The zero-order valence-electron chi connectivity index (χ0n) is 17.6. The molecule has 0 amide bonds. The zero-order chi connectivity index (χ0) is 23.1. The summed E-state index contributed by atoms with van der Waals surface area (Å²) in [5.41, 5.74) is 7.02. The number of hydrogen-bond donors (Lipinski definition) is 3. The van der Waals surface area contributed by atoms with Crippen LogP contribution in [0.15, 0.2) is 30.3 Å². The summed E-state index contributed by atoms with van der Waals surface area (Å²) in [5, 5.41) is 13.9. The molecule has 0 saturated carbocycles. The molecule has 0 bridgehead atoms. The molecule has 1 heterocycles. The van der Waals surface area contributed by atoms with Crippen LogP contribution in [0.25, 0.3) is 0 Å². The minimum atomic E-state index is -0.751. The van der Waals surface area contributed by atoms with E-state index in [4.69, 9.17) is 47.9 Å². The quantitative estimate of drug-likeness (QED) is 0.268. The maximum absolute atomic E-state index is 11.8. The highest BCUT2D eigenvalue weighted by Crippen LogP contribution is 2.33. The van der Waals surface area contributed by atoms with Crippen LogP contribution in [-0.2, 0) is 16.0 Å². The number of nitrogens with two attached hydrogens (primary N) is 1. The summed E-state index contributed by atoms with van der Waals surface area (Å²) in [4.78, 5) is 11.8. The number of benzene rings is 2. The minimum Gasteiger partial charge on any atom is -0.491 e. The second-order valence-electron chi connectivity index (χ2n) is 7.17. The number of aliphatic hydroxyl groups is 1. The number of esters is 1. The number of carbonyl (C=O) groups is 1. The molecule has 32 heavy (non-hydrogen) atoms. The normalized spacial score (nSPS) is 15.8. The lowest BCUT2D eigenvalue weighted by Gasteiger charge is -2.25. The molecule has 0 aromatic heterocycles. The van der Waals surface area contributed by atoms with Crippen LogP contribution >= 0.6 is 23.2 Å². The Kier molecular flexibility index (Phi) is 8.69. The summed E-state index contributed by atoms with van der Waals surface area (Å²) in [6.07, 6.45) is -0.751. The van der Waals surface area contributed by atoms with E-state index in [-0.39, 0.29) is 13.2 Å². The van der Waals surface area contributed by atoms with E-state index < -0.39 is 18.2 Å². The molecule has 10 heteroatoms. The van der Waals surface area contributed by atoms with Gasteiger partial charge in [0.2, 0.25) is 6.10 Å². The van der Waals surface area contributed by atoms with Crippen molar-refractivity contribution in [3.05, 3.63) is 45.9 Å². The van der Waals surface area contributed by atoms with E-state index in [2.05, 4.69) is 5.32 Å². The fourth-order valence-electron chi connectivity index (χ4n) is 3.02. The average Bonchev–Trinajstić information content (AvgIpc) is 2.78. The second-order valence-corrected chi connectivity index (χ2v) is 7.98. The van der Waals surface area contributed by atoms with Crippen LogP contribution in [0.4, 0.5) is 5.69 Å². The van der Waals surface area contributed by atoms with Gasteiger partial charge in [-0.05, 0) is 37.6 Å². The number of hydrogen-bond acceptors (Lipinski definition) is 8. The number of aliphatic hydroxyl groups excluding tert-OH is 1. The molecule has 1 aliphatic heterocycles. The van der Waals surface area contributed by atoms with Gasteiger partial charge in [-0.1, -0.05) is 29.3 Å². The van der Waals surface area contributed by atoms with E-state index in [1.165, 1.54) is 0 Å². The van der Waals surface area contributed by atoms with E-state index in [0.29, 0.717) is 59.1 Å². The molecular formula is C22H26Cl2N2O6. The predicted octanol–water partition coefficient (Wildman–Crippen LogP) is 2.85. The SMILES string of the molecule is CCOC(=O)C1COc2cc(CCNC[C@H](O)COc3cc(Cl)c(N)c(Cl)c3)ccc2O1. The van der Waals surface area contributed by atoms with Crippen LogP contribution in [0.3, 0.4) is 0 Å². The number of anilines is 1. The van der Waals surface area contributed by atoms with Crippen molar-refractivity contribution in [1.29, 1.82) is 0 Å². The van der Waals surface area contributed by atoms with Gasteiger partial charge in [0.05, 0.1) is 22.3 Å². The molecule has 2 aromatic carbocycles. The standard InChI is InChI=1S/C22H26Cl2N2O6/c1-2-29-22(28)20-12-31-19-7-13(3-4-18(19)32-20)5-6-26-10-14(27)11-30-15-8-16(23)21(25)17(24)9-15/h3-4,7-9,14,20,26-27H,2,5-6,10-12,25H2,1H3/t14-,20?/m0/s1. The molecule has 0 fully saturated rings. The Balaban J connectivity index is 1.39. The number of halogens is 2. The van der Waals surface area contributed by atoms with Crippen molar-refractivity contribution in [2.75, 3.05) is 38.6 Å². The highest BCUT2D eigenvalue weighted by atomic mass is 35.5. The number of fused-ring (bicyclic) bond motifs is 1. The number of nitrogen functional groups attached to an aromatic ring is 1. The lowest BCUT2D eigenvalue weighted by Crippen LogP contribution is -2.37. The van der Waals surface area contributed by atoms with Crippen molar-refractivity contribution >= 4 is 34.9 Å². The van der Waals surface area contributed by atoms with Crippen molar-refractivity contribution in [1.82, 2.24) is 5.32 Å². The first-order valence-electron chi connectivity index (χ1n) is 10.2. The van der Waals surface area contributed by atoms with Gasteiger partial charge in [-0.3, -0.25) is 0 Å². The van der Waals surface area contributed by atoms with Gasteiger partial charge in [-0.25, -0.2) is 4.79 Å². The molecule has 3 rings (SSSR count). The fraction of sp³-hybridized carbons (Fsp3) is 0.409. The molecule has 8 nitrogen and oxygen atoms in total. The first kappa shape index (κ1) is 24.3. The van der Waals surface area contributed by atoms with Crippen LogP contribution in [0.2, 0.25) is 10.0 Å². The molecule has 2 atom stereocenters. The highest BCUT2D eigenvalue weighted by Gasteiger charge is 2.28. The molecule has 4 N–H and O–H groups in total. The molecule has 2 aromatic rings.